The van der Waals surface area contributed by atoms with Crippen LogP contribution in [0, 0.1) is 0 Å². The molecule has 0 radical (unpaired) electrons. The standard InChI is InChI=1S/C13H15N3O2S/c1-9(7-17)15-12(18)6-10-8-19-13(16-10)11-4-2-3-5-14-11/h2-5,8-9,17H,6-7H2,1H3,(H,15,18)/t9-/m0/s1. The topological polar surface area (TPSA) is 75.1 Å². The molecule has 0 aliphatic rings. The molecule has 2 rings (SSSR count). The molecule has 5 nitrogen and oxygen atoms in total. The van der Waals surface area contributed by atoms with Crippen LogP contribution in [-0.4, -0.2) is 33.6 Å². The second-order valence-corrected chi connectivity index (χ2v) is 5.04. The summed E-state index contributed by atoms with van der Waals surface area (Å²) >= 11 is 1.47. The molecule has 0 saturated heterocycles. The quantitative estimate of drug-likeness (QED) is 0.862. The lowest BCUT2D eigenvalue weighted by Gasteiger charge is -2.09. The van der Waals surface area contributed by atoms with Gasteiger partial charge in [-0.25, -0.2) is 4.98 Å². The van der Waals surface area contributed by atoms with Crippen molar-refractivity contribution in [2.75, 3.05) is 6.61 Å². The average molecular weight is 277 g/mol. The zero-order valence-electron chi connectivity index (χ0n) is 10.5. The number of nitrogens with zero attached hydrogens (tertiary/aromatic N) is 2. The number of carbonyl (C=O) groups is 1. The fourth-order valence-corrected chi connectivity index (χ4v) is 2.33. The minimum Gasteiger partial charge on any atom is -0.394 e. The predicted octanol–water partition coefficient (Wildman–Crippen LogP) is 1.24. The van der Waals surface area contributed by atoms with Crippen LogP contribution in [0.15, 0.2) is 29.8 Å². The Labute approximate surface area is 115 Å². The first-order chi connectivity index (χ1) is 9.19. The average Bonchev–Trinajstić information content (AvgIpc) is 2.88. The first-order valence-electron chi connectivity index (χ1n) is 5.95. The van der Waals surface area contributed by atoms with Gasteiger partial charge in [0, 0.05) is 17.6 Å². The van der Waals surface area contributed by atoms with Crippen molar-refractivity contribution in [2.24, 2.45) is 0 Å². The van der Waals surface area contributed by atoms with Crippen LogP contribution in [0.3, 0.4) is 0 Å². The Morgan fingerprint density at radius 1 is 1.53 bits per heavy atom. The summed E-state index contributed by atoms with van der Waals surface area (Å²) in [7, 11) is 0. The molecule has 0 aliphatic carbocycles. The maximum Gasteiger partial charge on any atom is 0.226 e. The van der Waals surface area contributed by atoms with Gasteiger partial charge in [-0.1, -0.05) is 6.07 Å². The number of amides is 1. The van der Waals surface area contributed by atoms with Gasteiger partial charge in [0.05, 0.1) is 24.4 Å². The van der Waals surface area contributed by atoms with Crippen molar-refractivity contribution < 1.29 is 9.90 Å². The van der Waals surface area contributed by atoms with Crippen molar-refractivity contribution >= 4 is 17.2 Å². The summed E-state index contributed by atoms with van der Waals surface area (Å²) in [6.07, 6.45) is 1.93. The summed E-state index contributed by atoms with van der Waals surface area (Å²) in [4.78, 5) is 20.3. The van der Waals surface area contributed by atoms with E-state index in [1.54, 1.807) is 13.1 Å². The van der Waals surface area contributed by atoms with E-state index in [0.29, 0.717) is 5.69 Å². The van der Waals surface area contributed by atoms with Crippen molar-refractivity contribution in [1.29, 1.82) is 0 Å². The van der Waals surface area contributed by atoms with E-state index in [1.807, 2.05) is 23.6 Å². The molecular weight excluding hydrogens is 262 g/mol. The van der Waals surface area contributed by atoms with E-state index < -0.39 is 0 Å². The zero-order valence-corrected chi connectivity index (χ0v) is 11.4. The zero-order chi connectivity index (χ0) is 13.7. The van der Waals surface area contributed by atoms with Crippen LogP contribution < -0.4 is 5.32 Å². The van der Waals surface area contributed by atoms with Gasteiger partial charge in [0.15, 0.2) is 0 Å². The van der Waals surface area contributed by atoms with E-state index in [0.717, 1.165) is 10.7 Å². The molecule has 0 spiro atoms. The Morgan fingerprint density at radius 3 is 3.05 bits per heavy atom. The maximum absolute atomic E-state index is 11.7. The second kappa shape index (κ2) is 6.40. The number of thiazole rings is 1. The molecule has 6 heteroatoms. The van der Waals surface area contributed by atoms with Crippen LogP contribution >= 0.6 is 11.3 Å². The highest BCUT2D eigenvalue weighted by molar-refractivity contribution is 7.13. The van der Waals surface area contributed by atoms with Gasteiger partial charge in [0.2, 0.25) is 5.91 Å². The Hall–Kier alpha value is -1.79. The van der Waals surface area contributed by atoms with Crippen molar-refractivity contribution in [3.63, 3.8) is 0 Å². The molecule has 0 unspecified atom stereocenters. The second-order valence-electron chi connectivity index (χ2n) is 4.19. The van der Waals surface area contributed by atoms with E-state index in [9.17, 15) is 4.79 Å². The molecule has 2 heterocycles. The molecule has 0 aliphatic heterocycles. The fraction of sp³-hybridized carbons (Fsp3) is 0.308. The van der Waals surface area contributed by atoms with Crippen molar-refractivity contribution in [3.8, 4) is 10.7 Å². The SMILES string of the molecule is C[C@@H](CO)NC(=O)Cc1csc(-c2ccccn2)n1. The molecular formula is C13H15N3O2S. The molecule has 19 heavy (non-hydrogen) atoms. The van der Waals surface area contributed by atoms with Gasteiger partial charge in [-0.15, -0.1) is 11.3 Å². The van der Waals surface area contributed by atoms with Crippen LogP contribution in [0.2, 0.25) is 0 Å². The van der Waals surface area contributed by atoms with Crippen molar-refractivity contribution in [3.05, 3.63) is 35.5 Å². The van der Waals surface area contributed by atoms with Gasteiger partial charge in [-0.2, -0.15) is 0 Å². The number of aliphatic hydroxyl groups excluding tert-OH is 1. The van der Waals surface area contributed by atoms with Gasteiger partial charge in [0.25, 0.3) is 0 Å². The first-order valence-corrected chi connectivity index (χ1v) is 6.83. The summed E-state index contributed by atoms with van der Waals surface area (Å²) in [6, 6.07) is 5.40. The Balaban J connectivity index is 2.00. The molecule has 0 aromatic carbocycles. The number of pyridine rings is 1. The number of carbonyl (C=O) groups excluding carboxylic acids is 1. The van der Waals surface area contributed by atoms with Crippen LogP contribution in [0.4, 0.5) is 0 Å². The van der Waals surface area contributed by atoms with Crippen LogP contribution in [0.25, 0.3) is 10.7 Å². The van der Waals surface area contributed by atoms with Gasteiger partial charge < -0.3 is 10.4 Å². The van der Waals surface area contributed by atoms with Gasteiger partial charge in [0.1, 0.15) is 5.01 Å². The minimum absolute atomic E-state index is 0.0675. The van der Waals surface area contributed by atoms with Crippen LogP contribution in [-0.2, 0) is 11.2 Å². The molecule has 2 aromatic heterocycles. The smallest absolute Gasteiger partial charge is 0.226 e. The molecule has 0 bridgehead atoms. The Morgan fingerprint density at radius 2 is 2.37 bits per heavy atom. The molecule has 2 N–H and O–H groups in total. The number of aromatic nitrogens is 2. The number of aliphatic hydroxyl groups is 1. The summed E-state index contributed by atoms with van der Waals surface area (Å²) < 4.78 is 0. The van der Waals surface area contributed by atoms with E-state index in [4.69, 9.17) is 5.11 Å². The molecule has 1 amide bonds. The van der Waals surface area contributed by atoms with Gasteiger partial charge in [-0.3, -0.25) is 9.78 Å². The van der Waals surface area contributed by atoms with Crippen molar-refractivity contribution in [1.82, 2.24) is 15.3 Å². The van der Waals surface area contributed by atoms with E-state index in [-0.39, 0.29) is 25.0 Å². The third-order valence-electron chi connectivity index (χ3n) is 2.46. The number of hydrogen-bond donors (Lipinski definition) is 2. The van der Waals surface area contributed by atoms with Crippen LogP contribution in [0.5, 0.6) is 0 Å². The Kier molecular flexibility index (Phi) is 4.59. The molecule has 2 aromatic rings. The molecule has 0 fully saturated rings. The lowest BCUT2D eigenvalue weighted by molar-refractivity contribution is -0.121. The predicted molar refractivity (Wildman–Crippen MR) is 73.7 cm³/mol. The molecule has 0 saturated carbocycles. The fourth-order valence-electron chi connectivity index (χ4n) is 1.53. The molecule has 100 valence electrons. The van der Waals surface area contributed by atoms with E-state index >= 15 is 0 Å². The summed E-state index contributed by atoms with van der Waals surface area (Å²) in [5.41, 5.74) is 1.52. The summed E-state index contributed by atoms with van der Waals surface area (Å²) in [5, 5.41) is 14.2. The third-order valence-corrected chi connectivity index (χ3v) is 3.37. The van der Waals surface area contributed by atoms with E-state index in [2.05, 4.69) is 15.3 Å². The summed E-state index contributed by atoms with van der Waals surface area (Å²) in [5.74, 6) is -0.139. The highest BCUT2D eigenvalue weighted by Crippen LogP contribution is 2.21. The van der Waals surface area contributed by atoms with Gasteiger partial charge in [-0.05, 0) is 19.1 Å². The number of nitrogens with one attached hydrogen (secondary N) is 1. The number of hydrogen-bond acceptors (Lipinski definition) is 5. The Bertz CT molecular complexity index is 542. The summed E-state index contributed by atoms with van der Waals surface area (Å²) in [6.45, 7) is 1.68. The van der Waals surface area contributed by atoms with Crippen LogP contribution in [0.1, 0.15) is 12.6 Å². The largest absolute Gasteiger partial charge is 0.394 e. The number of rotatable bonds is 5. The monoisotopic (exact) mass is 277 g/mol. The normalized spacial score (nSPS) is 12.1. The lowest BCUT2D eigenvalue weighted by atomic mass is 10.3. The minimum atomic E-state index is -0.235. The maximum atomic E-state index is 11.7. The van der Waals surface area contributed by atoms with Gasteiger partial charge >= 0.3 is 0 Å². The first kappa shape index (κ1) is 13.6. The molecule has 1 atom stereocenters. The van der Waals surface area contributed by atoms with E-state index in [1.165, 1.54) is 11.3 Å². The lowest BCUT2D eigenvalue weighted by Crippen LogP contribution is -2.36. The van der Waals surface area contributed by atoms with Crippen molar-refractivity contribution in [2.45, 2.75) is 19.4 Å². The third kappa shape index (κ3) is 3.84. The highest BCUT2D eigenvalue weighted by atomic mass is 32.1. The highest BCUT2D eigenvalue weighted by Gasteiger charge is 2.11.